The zero-order valence-electron chi connectivity index (χ0n) is 15.9. The first kappa shape index (κ1) is 21.8. The van der Waals surface area contributed by atoms with Crippen LogP contribution in [0.5, 0.6) is 5.75 Å². The predicted octanol–water partition coefficient (Wildman–Crippen LogP) is 4.44. The molecule has 0 atom stereocenters. The van der Waals surface area contributed by atoms with E-state index in [1.54, 1.807) is 0 Å². The van der Waals surface area contributed by atoms with Gasteiger partial charge < -0.3 is 15.4 Å². The highest BCUT2D eigenvalue weighted by Gasteiger charge is 2.19. The summed E-state index contributed by atoms with van der Waals surface area (Å²) in [6, 6.07) is 9.11. The van der Waals surface area contributed by atoms with Crippen molar-refractivity contribution in [1.29, 1.82) is 0 Å². The highest BCUT2D eigenvalue weighted by Crippen LogP contribution is 2.24. The van der Waals surface area contributed by atoms with Gasteiger partial charge in [-0.3, -0.25) is 14.4 Å². The lowest BCUT2D eigenvalue weighted by atomic mass is 10.1. The Labute approximate surface area is 180 Å². The first-order chi connectivity index (χ1) is 14.7. The second kappa shape index (κ2) is 9.31. The van der Waals surface area contributed by atoms with E-state index in [0.717, 1.165) is 37.3 Å². The zero-order chi connectivity index (χ0) is 22.5. The summed E-state index contributed by atoms with van der Waals surface area (Å²) in [6.45, 7) is 1.10. The van der Waals surface area contributed by atoms with Crippen LogP contribution in [0.15, 0.2) is 54.7 Å². The number of carbonyl (C=O) groups excluding carboxylic acids is 3. The molecule has 7 nitrogen and oxygen atoms in total. The van der Waals surface area contributed by atoms with Gasteiger partial charge in [0.05, 0.1) is 21.8 Å². The first-order valence-corrected chi connectivity index (χ1v) is 9.12. The van der Waals surface area contributed by atoms with Gasteiger partial charge in [0.2, 0.25) is 0 Å². The van der Waals surface area contributed by atoms with Gasteiger partial charge in [0.25, 0.3) is 11.8 Å². The fourth-order valence-corrected chi connectivity index (χ4v) is 2.67. The van der Waals surface area contributed by atoms with Gasteiger partial charge in [0.1, 0.15) is 23.2 Å². The molecule has 0 aliphatic carbocycles. The third-order valence-electron chi connectivity index (χ3n) is 3.89. The Balaban J connectivity index is 1.89. The van der Waals surface area contributed by atoms with Crippen molar-refractivity contribution in [2.75, 3.05) is 10.6 Å². The molecule has 2 aromatic carbocycles. The van der Waals surface area contributed by atoms with Crippen molar-refractivity contribution in [3.63, 3.8) is 0 Å². The Morgan fingerprint density at radius 2 is 1.58 bits per heavy atom. The summed E-state index contributed by atoms with van der Waals surface area (Å²) in [5.41, 5.74) is -0.385. The number of amides is 2. The lowest BCUT2D eigenvalue weighted by molar-refractivity contribution is -0.131. The number of rotatable bonds is 5. The lowest BCUT2D eigenvalue weighted by Crippen LogP contribution is -2.20. The highest BCUT2D eigenvalue weighted by atomic mass is 35.5. The molecule has 0 saturated heterocycles. The number of ether oxygens (including phenoxy) is 1. The van der Waals surface area contributed by atoms with Crippen LogP contribution in [-0.2, 0) is 4.79 Å². The van der Waals surface area contributed by atoms with Gasteiger partial charge in [-0.1, -0.05) is 11.6 Å². The van der Waals surface area contributed by atoms with Crippen molar-refractivity contribution in [2.45, 2.75) is 6.92 Å². The van der Waals surface area contributed by atoms with Crippen LogP contribution in [0.25, 0.3) is 0 Å². The molecule has 0 bridgehead atoms. The summed E-state index contributed by atoms with van der Waals surface area (Å²) in [5, 5.41) is 5.27. The number of hydrogen-bond acceptors (Lipinski definition) is 5. The number of aromatic nitrogens is 1. The number of benzene rings is 2. The molecule has 0 saturated carbocycles. The van der Waals surface area contributed by atoms with Gasteiger partial charge in [-0.05, 0) is 42.5 Å². The third kappa shape index (κ3) is 5.61. The maximum absolute atomic E-state index is 13.8. The molecule has 0 aliphatic heterocycles. The number of carbonyl (C=O) groups is 3. The van der Waals surface area contributed by atoms with Crippen LogP contribution < -0.4 is 15.4 Å². The Kier molecular flexibility index (Phi) is 6.56. The summed E-state index contributed by atoms with van der Waals surface area (Å²) < 4.78 is 32.2. The molecule has 10 heteroatoms. The molecular formula is C21H14ClF2N3O4. The average molecular weight is 446 g/mol. The van der Waals surface area contributed by atoms with E-state index in [2.05, 4.69) is 15.6 Å². The zero-order valence-corrected chi connectivity index (χ0v) is 16.7. The predicted molar refractivity (Wildman–Crippen MR) is 109 cm³/mol. The van der Waals surface area contributed by atoms with Gasteiger partial charge >= 0.3 is 5.97 Å². The first-order valence-electron chi connectivity index (χ1n) is 8.74. The van der Waals surface area contributed by atoms with E-state index in [4.69, 9.17) is 16.3 Å². The van der Waals surface area contributed by atoms with Gasteiger partial charge in [-0.2, -0.15) is 0 Å². The fraction of sp³-hybridized carbons (Fsp3) is 0.0476. The number of esters is 1. The molecule has 0 unspecified atom stereocenters. The molecule has 0 aliphatic rings. The maximum Gasteiger partial charge on any atom is 0.308 e. The van der Waals surface area contributed by atoms with Crippen molar-refractivity contribution in [1.82, 2.24) is 4.98 Å². The van der Waals surface area contributed by atoms with Crippen molar-refractivity contribution in [3.05, 3.63) is 82.5 Å². The monoisotopic (exact) mass is 445 g/mol. The Hall–Kier alpha value is -3.85. The molecule has 0 spiro atoms. The second-order valence-corrected chi connectivity index (χ2v) is 6.63. The number of nitrogens with one attached hydrogen (secondary N) is 2. The number of pyridine rings is 1. The summed E-state index contributed by atoms with van der Waals surface area (Å²) in [7, 11) is 0. The number of halogens is 3. The van der Waals surface area contributed by atoms with Gasteiger partial charge in [-0.15, -0.1) is 0 Å². The quantitative estimate of drug-likeness (QED) is 0.447. The normalized spacial score (nSPS) is 10.3. The van der Waals surface area contributed by atoms with Crippen molar-refractivity contribution >= 4 is 40.9 Å². The van der Waals surface area contributed by atoms with Crippen molar-refractivity contribution < 1.29 is 27.9 Å². The van der Waals surface area contributed by atoms with Gasteiger partial charge in [0.15, 0.2) is 0 Å². The summed E-state index contributed by atoms with van der Waals surface area (Å²) in [4.78, 5) is 40.5. The number of hydrogen-bond donors (Lipinski definition) is 2. The van der Waals surface area contributed by atoms with Crippen molar-refractivity contribution in [3.8, 4) is 5.75 Å². The minimum Gasteiger partial charge on any atom is -0.426 e. The molecule has 3 rings (SSSR count). The Morgan fingerprint density at radius 3 is 2.26 bits per heavy atom. The SMILES string of the molecule is CC(=O)Oc1cc(F)ccc1C(=O)Nc1ccc(F)cc1C(=O)Nc1ccc(Cl)cn1. The highest BCUT2D eigenvalue weighted by molar-refractivity contribution is 6.30. The molecular weight excluding hydrogens is 432 g/mol. The summed E-state index contributed by atoms with van der Waals surface area (Å²) in [5.74, 6) is -3.88. The molecule has 1 aromatic heterocycles. The van der Waals surface area contributed by atoms with Crippen LogP contribution in [0.3, 0.4) is 0 Å². The minimum absolute atomic E-state index is 0.0315. The number of anilines is 2. The summed E-state index contributed by atoms with van der Waals surface area (Å²) >= 11 is 5.75. The van der Waals surface area contributed by atoms with Crippen LogP contribution >= 0.6 is 11.6 Å². The molecule has 2 amide bonds. The number of nitrogens with zero attached hydrogens (tertiary/aromatic N) is 1. The second-order valence-electron chi connectivity index (χ2n) is 6.19. The smallest absolute Gasteiger partial charge is 0.308 e. The van der Waals surface area contributed by atoms with E-state index in [0.29, 0.717) is 5.02 Å². The maximum atomic E-state index is 13.8. The lowest BCUT2D eigenvalue weighted by Gasteiger charge is -2.13. The molecule has 31 heavy (non-hydrogen) atoms. The molecule has 3 aromatic rings. The van der Waals surface area contributed by atoms with E-state index in [1.807, 2.05) is 0 Å². The van der Waals surface area contributed by atoms with Crippen LogP contribution in [0.1, 0.15) is 27.6 Å². The van der Waals surface area contributed by atoms with E-state index < -0.39 is 29.4 Å². The summed E-state index contributed by atoms with van der Waals surface area (Å²) in [6.07, 6.45) is 1.32. The minimum atomic E-state index is -0.804. The van der Waals surface area contributed by atoms with Crippen LogP contribution in [0, 0.1) is 11.6 Å². The Morgan fingerprint density at radius 1 is 0.903 bits per heavy atom. The molecule has 1 heterocycles. The fourth-order valence-electron chi connectivity index (χ4n) is 2.56. The van der Waals surface area contributed by atoms with Gasteiger partial charge in [0, 0.05) is 19.2 Å². The molecule has 0 radical (unpaired) electrons. The van der Waals surface area contributed by atoms with E-state index >= 15 is 0 Å². The van der Waals surface area contributed by atoms with E-state index in [1.165, 1.54) is 24.4 Å². The topological polar surface area (TPSA) is 97.4 Å². The van der Waals surface area contributed by atoms with Crippen molar-refractivity contribution in [2.24, 2.45) is 0 Å². The molecule has 158 valence electrons. The molecule has 0 fully saturated rings. The van der Waals surface area contributed by atoms with Crippen LogP contribution in [-0.4, -0.2) is 22.8 Å². The average Bonchev–Trinajstić information content (AvgIpc) is 2.70. The van der Waals surface area contributed by atoms with Crippen LogP contribution in [0.4, 0.5) is 20.3 Å². The van der Waals surface area contributed by atoms with Gasteiger partial charge in [-0.25, -0.2) is 13.8 Å². The Bertz CT molecular complexity index is 1170. The van der Waals surface area contributed by atoms with E-state index in [-0.39, 0.29) is 28.4 Å². The standard InChI is InChI=1S/C21H14ClF2N3O4/c1-11(28)31-18-9-14(24)3-5-15(18)20(29)26-17-6-4-13(23)8-16(17)21(30)27-19-7-2-12(22)10-25-19/h2-10H,1H3,(H,26,29)(H,25,27,30). The third-order valence-corrected chi connectivity index (χ3v) is 4.11. The largest absolute Gasteiger partial charge is 0.426 e. The van der Waals surface area contributed by atoms with Crippen LogP contribution in [0.2, 0.25) is 5.02 Å². The molecule has 2 N–H and O–H groups in total. The van der Waals surface area contributed by atoms with E-state index in [9.17, 15) is 23.2 Å².